The monoisotopic (exact) mass is 240 g/mol. The first-order valence-electron chi connectivity index (χ1n) is 4.13. The lowest BCUT2D eigenvalue weighted by Crippen LogP contribution is -2.86. The van der Waals surface area contributed by atoms with Crippen LogP contribution < -0.4 is 10.7 Å². The van der Waals surface area contributed by atoms with E-state index in [0.29, 0.717) is 5.84 Å². The summed E-state index contributed by atoms with van der Waals surface area (Å²) < 4.78 is 1.07. The average Bonchev–Trinajstić information content (AvgIpc) is 2.08. The van der Waals surface area contributed by atoms with Gasteiger partial charge in [-0.1, -0.05) is 22.0 Å². The molecule has 4 heteroatoms. The highest BCUT2D eigenvalue weighted by Crippen LogP contribution is 2.27. The van der Waals surface area contributed by atoms with Crippen molar-refractivity contribution in [3.8, 4) is 0 Å². The van der Waals surface area contributed by atoms with E-state index >= 15 is 0 Å². The van der Waals surface area contributed by atoms with E-state index in [2.05, 4.69) is 38.9 Å². The van der Waals surface area contributed by atoms with Gasteiger partial charge in [-0.05, 0) is 18.0 Å². The fourth-order valence-corrected chi connectivity index (χ4v) is 1.97. The van der Waals surface area contributed by atoms with Gasteiger partial charge in [-0.3, -0.25) is 4.99 Å². The number of aliphatic imine (C=N–C) groups is 1. The van der Waals surface area contributed by atoms with Crippen molar-refractivity contribution in [2.45, 2.75) is 18.9 Å². The molecule has 0 bridgehead atoms. The summed E-state index contributed by atoms with van der Waals surface area (Å²) in [6.45, 7) is 2.12. The van der Waals surface area contributed by atoms with E-state index in [1.165, 1.54) is 0 Å². The summed E-state index contributed by atoms with van der Waals surface area (Å²) in [5, 5.41) is 0. The van der Waals surface area contributed by atoms with Crippen LogP contribution in [0.2, 0.25) is 0 Å². The average molecular weight is 241 g/mol. The zero-order valence-corrected chi connectivity index (χ0v) is 8.93. The number of nitrogens with zero attached hydrogens (tertiary/aromatic N) is 1. The van der Waals surface area contributed by atoms with Gasteiger partial charge in [0.25, 0.3) is 6.34 Å². The molecule has 3 nitrogen and oxygen atoms in total. The molecule has 0 aromatic rings. The van der Waals surface area contributed by atoms with Crippen molar-refractivity contribution in [1.29, 1.82) is 0 Å². The minimum Gasteiger partial charge on any atom is -0.363 e. The summed E-state index contributed by atoms with van der Waals surface area (Å²) in [6.07, 6.45) is 6.73. The molecule has 0 saturated heterocycles. The first-order valence-corrected chi connectivity index (χ1v) is 4.92. The van der Waals surface area contributed by atoms with Crippen LogP contribution in [0.25, 0.3) is 0 Å². The van der Waals surface area contributed by atoms with Crippen molar-refractivity contribution >= 4 is 28.1 Å². The van der Waals surface area contributed by atoms with Gasteiger partial charge in [0, 0.05) is 10.9 Å². The maximum absolute atomic E-state index is 5.80. The van der Waals surface area contributed by atoms with Gasteiger partial charge in [-0.2, -0.15) is 0 Å². The topological polar surface area (TPSA) is 52.3 Å². The van der Waals surface area contributed by atoms with Crippen molar-refractivity contribution in [2.75, 3.05) is 0 Å². The predicted octanol–water partition coefficient (Wildman–Crippen LogP) is -0.166. The molecule has 1 heterocycles. The molecule has 0 aromatic carbocycles. The lowest BCUT2D eigenvalue weighted by atomic mass is 9.84. The second kappa shape index (κ2) is 2.80. The molecule has 0 spiro atoms. The van der Waals surface area contributed by atoms with Crippen molar-refractivity contribution in [3.05, 3.63) is 22.2 Å². The molecule has 0 saturated carbocycles. The molecule has 68 valence electrons. The van der Waals surface area contributed by atoms with Crippen LogP contribution in [0, 0.1) is 0 Å². The second-order valence-corrected chi connectivity index (χ2v) is 4.39. The number of nitrogens with two attached hydrogens (primary N) is 1. The zero-order valence-electron chi connectivity index (χ0n) is 7.34. The Morgan fingerprint density at radius 1 is 1.69 bits per heavy atom. The van der Waals surface area contributed by atoms with Gasteiger partial charge >= 0.3 is 0 Å². The molecular weight excluding hydrogens is 230 g/mol. The molecule has 0 radical (unpaired) electrons. The number of nitrogens with one attached hydrogen (secondary N) is 1. The van der Waals surface area contributed by atoms with Gasteiger partial charge in [0.2, 0.25) is 5.84 Å². The Balaban J connectivity index is 2.50. The second-order valence-electron chi connectivity index (χ2n) is 3.47. The van der Waals surface area contributed by atoms with Crippen LogP contribution in [0.15, 0.2) is 27.2 Å². The predicted molar refractivity (Wildman–Crippen MR) is 56.8 cm³/mol. The van der Waals surface area contributed by atoms with Gasteiger partial charge in [-0.25, -0.2) is 0 Å². The molecule has 2 rings (SSSR count). The van der Waals surface area contributed by atoms with Crippen LogP contribution in [0.4, 0.5) is 0 Å². The SMILES string of the molecule is CC12CC=C(Br)C=C1C(N)=NC=[NH+]2. The van der Waals surface area contributed by atoms with E-state index in [1.807, 2.05) is 6.08 Å². The normalized spacial score (nSPS) is 31.7. The van der Waals surface area contributed by atoms with Crippen LogP contribution in [-0.4, -0.2) is 17.7 Å². The van der Waals surface area contributed by atoms with Crippen molar-refractivity contribution in [3.63, 3.8) is 0 Å². The largest absolute Gasteiger partial charge is 0.363 e. The Hall–Kier alpha value is -0.900. The Morgan fingerprint density at radius 3 is 3.23 bits per heavy atom. The van der Waals surface area contributed by atoms with Crippen LogP contribution in [-0.2, 0) is 0 Å². The highest BCUT2D eigenvalue weighted by Gasteiger charge is 2.37. The number of rotatable bonds is 0. The molecule has 0 amide bonds. The summed E-state index contributed by atoms with van der Waals surface area (Å²) in [5.74, 6) is 0.603. The van der Waals surface area contributed by atoms with E-state index in [9.17, 15) is 0 Å². The van der Waals surface area contributed by atoms with Gasteiger partial charge in [0.05, 0.1) is 5.57 Å². The molecule has 0 fully saturated rings. The number of halogens is 1. The lowest BCUT2D eigenvalue weighted by molar-refractivity contribution is -0.531. The van der Waals surface area contributed by atoms with Gasteiger partial charge in [0.1, 0.15) is 5.54 Å². The zero-order chi connectivity index (χ0) is 9.47. The summed E-state index contributed by atoms with van der Waals surface area (Å²) in [4.78, 5) is 7.26. The minimum atomic E-state index is -0.0803. The molecule has 1 aliphatic heterocycles. The lowest BCUT2D eigenvalue weighted by Gasteiger charge is -2.27. The standard InChI is InChI=1S/C9H10BrN3/c1-9-3-2-6(10)4-7(9)8(11)12-5-13-9/h2,4-5H,3H2,1H3,(H2,11,12,13)/p+1. The van der Waals surface area contributed by atoms with Gasteiger partial charge < -0.3 is 5.73 Å². The van der Waals surface area contributed by atoms with E-state index in [4.69, 9.17) is 5.73 Å². The number of hydrogen-bond donors (Lipinski definition) is 2. The highest BCUT2D eigenvalue weighted by atomic mass is 79.9. The molecule has 3 N–H and O–H groups in total. The van der Waals surface area contributed by atoms with E-state index in [-0.39, 0.29) is 5.54 Å². The van der Waals surface area contributed by atoms with Gasteiger partial charge in [0.15, 0.2) is 0 Å². The van der Waals surface area contributed by atoms with Crippen LogP contribution >= 0.6 is 15.9 Å². The molecule has 2 aliphatic rings. The fraction of sp³-hybridized carbons (Fsp3) is 0.333. The molecule has 13 heavy (non-hydrogen) atoms. The Morgan fingerprint density at radius 2 is 2.46 bits per heavy atom. The van der Waals surface area contributed by atoms with Gasteiger partial charge in [-0.15, -0.1) is 0 Å². The summed E-state index contributed by atoms with van der Waals surface area (Å²) >= 11 is 3.44. The third-order valence-electron chi connectivity index (χ3n) is 2.44. The number of hydrogen-bond acceptors (Lipinski definition) is 2. The highest BCUT2D eigenvalue weighted by molar-refractivity contribution is 9.11. The summed E-state index contributed by atoms with van der Waals surface area (Å²) in [7, 11) is 0. The van der Waals surface area contributed by atoms with Crippen LogP contribution in [0.1, 0.15) is 13.3 Å². The maximum Gasteiger partial charge on any atom is 0.282 e. The smallest absolute Gasteiger partial charge is 0.282 e. The van der Waals surface area contributed by atoms with Crippen molar-refractivity contribution < 1.29 is 4.99 Å². The third kappa shape index (κ3) is 1.35. The number of allylic oxidation sites excluding steroid dienone is 2. The van der Waals surface area contributed by atoms with E-state index in [0.717, 1.165) is 16.5 Å². The molecule has 1 atom stereocenters. The maximum atomic E-state index is 5.80. The minimum absolute atomic E-state index is 0.0803. The third-order valence-corrected chi connectivity index (χ3v) is 3.00. The Bertz CT molecular complexity index is 365. The molecule has 1 aliphatic carbocycles. The quantitative estimate of drug-likeness (QED) is 0.608. The molecular formula is C9H11BrN3+. The van der Waals surface area contributed by atoms with Crippen molar-refractivity contribution in [1.82, 2.24) is 0 Å². The first kappa shape index (κ1) is 8.69. The number of amidine groups is 1. The Kier molecular flexibility index (Phi) is 1.87. The summed E-state index contributed by atoms with van der Waals surface area (Å²) in [6, 6.07) is 0. The molecule has 0 aromatic heterocycles. The van der Waals surface area contributed by atoms with Crippen molar-refractivity contribution in [2.24, 2.45) is 10.7 Å². The van der Waals surface area contributed by atoms with E-state index < -0.39 is 0 Å². The fourth-order valence-electron chi connectivity index (χ4n) is 1.57. The summed E-state index contributed by atoms with van der Waals surface area (Å²) in [5.41, 5.74) is 6.78. The van der Waals surface area contributed by atoms with Crippen LogP contribution in [0.3, 0.4) is 0 Å². The number of fused-ring (bicyclic) bond motifs is 1. The Labute approximate surface area is 85.3 Å². The first-order chi connectivity index (χ1) is 6.12. The molecule has 1 unspecified atom stereocenters. The van der Waals surface area contributed by atoms with E-state index in [1.54, 1.807) is 6.34 Å². The van der Waals surface area contributed by atoms with Crippen LogP contribution in [0.5, 0.6) is 0 Å².